The van der Waals surface area contributed by atoms with Gasteiger partial charge in [-0.05, 0) is 0 Å². The number of rotatable bonds is 5. The largest absolute Gasteiger partial charge is 0.326 e. The van der Waals surface area contributed by atoms with E-state index in [1.165, 1.54) is 0 Å². The maximum absolute atomic E-state index is 5.53. The van der Waals surface area contributed by atoms with Crippen molar-refractivity contribution in [3.05, 3.63) is 0 Å². The molecule has 2 atom stereocenters. The van der Waals surface area contributed by atoms with Gasteiger partial charge in [0.15, 0.2) is 0 Å². The van der Waals surface area contributed by atoms with Gasteiger partial charge in [0, 0.05) is 14.2 Å². The SMILES string of the molecule is CO[C@H]([C@@H](OC)[N+](C)(C)C)[N+](C)(C)C. The van der Waals surface area contributed by atoms with Crippen LogP contribution in [0.3, 0.4) is 0 Å². The van der Waals surface area contributed by atoms with Crippen LogP contribution in [0.15, 0.2) is 0 Å². The van der Waals surface area contributed by atoms with Crippen molar-refractivity contribution < 1.29 is 18.4 Å². The fraction of sp³-hybridized carbons (Fsp3) is 1.00. The van der Waals surface area contributed by atoms with E-state index in [1.807, 2.05) is 0 Å². The van der Waals surface area contributed by atoms with Crippen LogP contribution in [0.4, 0.5) is 0 Å². The van der Waals surface area contributed by atoms with E-state index >= 15 is 0 Å². The zero-order valence-electron chi connectivity index (χ0n) is 10.9. The molecule has 0 rings (SSSR count). The van der Waals surface area contributed by atoms with Crippen LogP contribution in [-0.4, -0.2) is 77.9 Å². The number of methoxy groups -OCH3 is 2. The second-order valence-electron chi connectivity index (χ2n) is 5.49. The minimum Gasteiger partial charge on any atom is -0.326 e. The molecule has 0 spiro atoms. The zero-order chi connectivity index (χ0) is 11.6. The van der Waals surface area contributed by atoms with E-state index in [9.17, 15) is 0 Å². The number of hydrogen-bond acceptors (Lipinski definition) is 2. The van der Waals surface area contributed by atoms with Gasteiger partial charge in [-0.2, -0.15) is 0 Å². The molecule has 0 aliphatic heterocycles. The van der Waals surface area contributed by atoms with E-state index in [-0.39, 0.29) is 12.5 Å². The van der Waals surface area contributed by atoms with Crippen LogP contribution in [0.5, 0.6) is 0 Å². The van der Waals surface area contributed by atoms with Gasteiger partial charge in [-0.25, -0.2) is 0 Å². The van der Waals surface area contributed by atoms with Gasteiger partial charge >= 0.3 is 0 Å². The van der Waals surface area contributed by atoms with E-state index in [2.05, 4.69) is 42.3 Å². The lowest BCUT2D eigenvalue weighted by Crippen LogP contribution is -2.62. The van der Waals surface area contributed by atoms with Crippen molar-refractivity contribution in [1.82, 2.24) is 0 Å². The molecule has 4 nitrogen and oxygen atoms in total. The summed E-state index contributed by atoms with van der Waals surface area (Å²) in [5, 5.41) is 0. The van der Waals surface area contributed by atoms with E-state index < -0.39 is 0 Å². The third kappa shape index (κ3) is 3.53. The Morgan fingerprint density at radius 3 is 0.929 bits per heavy atom. The van der Waals surface area contributed by atoms with Gasteiger partial charge in [0.25, 0.3) is 12.5 Å². The van der Waals surface area contributed by atoms with E-state index in [0.29, 0.717) is 0 Å². The second kappa shape index (κ2) is 4.57. The molecule has 86 valence electrons. The Balaban J connectivity index is 4.81. The summed E-state index contributed by atoms with van der Waals surface area (Å²) in [7, 11) is 16.1. The minimum absolute atomic E-state index is 0.0278. The first kappa shape index (κ1) is 13.8. The van der Waals surface area contributed by atoms with Crippen LogP contribution < -0.4 is 0 Å². The first-order chi connectivity index (χ1) is 6.14. The van der Waals surface area contributed by atoms with Crippen molar-refractivity contribution in [2.75, 3.05) is 56.5 Å². The molecule has 0 saturated carbocycles. The molecule has 0 N–H and O–H groups in total. The lowest BCUT2D eigenvalue weighted by molar-refractivity contribution is -0.997. The molecular formula is C10H26N2O2+2. The average molecular weight is 206 g/mol. The number of likely N-dealkylation sites (N-methyl/N-ethyl adjacent to an activating group) is 2. The molecule has 0 amide bonds. The Hall–Kier alpha value is -0.160. The van der Waals surface area contributed by atoms with Gasteiger partial charge in [-0.3, -0.25) is 8.97 Å². The molecule has 0 aromatic carbocycles. The topological polar surface area (TPSA) is 18.5 Å². The molecule has 14 heavy (non-hydrogen) atoms. The van der Waals surface area contributed by atoms with Crippen LogP contribution in [0.1, 0.15) is 0 Å². The molecule has 0 fully saturated rings. The van der Waals surface area contributed by atoms with Gasteiger partial charge in [0.2, 0.25) is 0 Å². The van der Waals surface area contributed by atoms with Crippen molar-refractivity contribution in [2.45, 2.75) is 12.5 Å². The maximum atomic E-state index is 5.53. The number of quaternary nitrogens is 2. The number of ether oxygens (including phenoxy) is 2. The first-order valence-electron chi connectivity index (χ1n) is 4.82. The monoisotopic (exact) mass is 206 g/mol. The highest BCUT2D eigenvalue weighted by Gasteiger charge is 2.42. The highest BCUT2D eigenvalue weighted by Crippen LogP contribution is 2.17. The number of hydrogen-bond donors (Lipinski definition) is 0. The highest BCUT2D eigenvalue weighted by atomic mass is 16.6. The van der Waals surface area contributed by atoms with Gasteiger partial charge in [0.1, 0.15) is 0 Å². The molecule has 0 saturated heterocycles. The first-order valence-corrected chi connectivity index (χ1v) is 4.82. The number of nitrogens with zero attached hydrogens (tertiary/aromatic N) is 2. The third-order valence-corrected chi connectivity index (χ3v) is 2.25. The Labute approximate surface area is 88.2 Å². The Morgan fingerprint density at radius 1 is 0.643 bits per heavy atom. The van der Waals surface area contributed by atoms with Crippen LogP contribution in [0, 0.1) is 0 Å². The maximum Gasteiger partial charge on any atom is 0.273 e. The van der Waals surface area contributed by atoms with Gasteiger partial charge in [-0.1, -0.05) is 0 Å². The fourth-order valence-corrected chi connectivity index (χ4v) is 1.63. The quantitative estimate of drug-likeness (QED) is 0.477. The van der Waals surface area contributed by atoms with E-state index in [0.717, 1.165) is 8.97 Å². The summed E-state index contributed by atoms with van der Waals surface area (Å²) in [4.78, 5) is 0. The zero-order valence-corrected chi connectivity index (χ0v) is 10.9. The highest BCUT2D eigenvalue weighted by molar-refractivity contribution is 4.49. The molecule has 4 heteroatoms. The van der Waals surface area contributed by atoms with Crippen LogP contribution in [0.2, 0.25) is 0 Å². The lowest BCUT2D eigenvalue weighted by atomic mass is 10.3. The van der Waals surface area contributed by atoms with Gasteiger partial charge < -0.3 is 9.47 Å². The normalized spacial score (nSPS) is 18.0. The van der Waals surface area contributed by atoms with E-state index in [4.69, 9.17) is 9.47 Å². The Bertz CT molecular complexity index is 150. The summed E-state index contributed by atoms with van der Waals surface area (Å²) in [5.74, 6) is 0. The van der Waals surface area contributed by atoms with Gasteiger partial charge in [-0.15, -0.1) is 0 Å². The summed E-state index contributed by atoms with van der Waals surface area (Å²) >= 11 is 0. The van der Waals surface area contributed by atoms with Gasteiger partial charge in [0.05, 0.1) is 42.3 Å². The molecule has 0 aliphatic rings. The summed E-state index contributed by atoms with van der Waals surface area (Å²) < 4.78 is 12.5. The minimum atomic E-state index is 0.0278. The smallest absolute Gasteiger partial charge is 0.273 e. The molecule has 0 aromatic rings. The standard InChI is InChI=1S/C10H26N2O2/c1-11(2,3)9(13-7)10(14-8)12(4,5)6/h9-10H,1-8H3/q+2/t9-,10-/m1/s1. The van der Waals surface area contributed by atoms with Crippen molar-refractivity contribution in [1.29, 1.82) is 0 Å². The predicted molar refractivity (Wildman–Crippen MR) is 57.7 cm³/mol. The van der Waals surface area contributed by atoms with Crippen LogP contribution in [0.25, 0.3) is 0 Å². The molecule has 0 aliphatic carbocycles. The van der Waals surface area contributed by atoms with Crippen molar-refractivity contribution in [3.63, 3.8) is 0 Å². The summed E-state index contributed by atoms with van der Waals surface area (Å²) in [6.45, 7) is 0. The van der Waals surface area contributed by atoms with Crippen molar-refractivity contribution in [3.8, 4) is 0 Å². The molecular weight excluding hydrogens is 180 g/mol. The molecule has 0 aromatic heterocycles. The molecule has 0 unspecified atom stereocenters. The molecule has 0 radical (unpaired) electrons. The molecule has 0 bridgehead atoms. The Morgan fingerprint density at radius 2 is 0.857 bits per heavy atom. The lowest BCUT2D eigenvalue weighted by Gasteiger charge is -2.42. The average Bonchev–Trinajstić information content (AvgIpc) is 1.94. The third-order valence-electron chi connectivity index (χ3n) is 2.25. The van der Waals surface area contributed by atoms with Crippen LogP contribution in [-0.2, 0) is 9.47 Å². The predicted octanol–water partition coefficient (Wildman–Crippen LogP) is 0.344. The van der Waals surface area contributed by atoms with Crippen molar-refractivity contribution in [2.24, 2.45) is 0 Å². The molecule has 0 heterocycles. The van der Waals surface area contributed by atoms with E-state index in [1.54, 1.807) is 14.2 Å². The summed E-state index contributed by atoms with van der Waals surface area (Å²) in [5.41, 5.74) is 0. The Kier molecular flexibility index (Phi) is 4.52. The fourth-order valence-electron chi connectivity index (χ4n) is 1.63. The summed E-state index contributed by atoms with van der Waals surface area (Å²) in [6.07, 6.45) is 0.0556. The van der Waals surface area contributed by atoms with Crippen LogP contribution >= 0.6 is 0 Å². The van der Waals surface area contributed by atoms with Crippen molar-refractivity contribution >= 4 is 0 Å². The second-order valence-corrected chi connectivity index (χ2v) is 5.49. The summed E-state index contributed by atoms with van der Waals surface area (Å²) in [6, 6.07) is 0.